The summed E-state index contributed by atoms with van der Waals surface area (Å²) < 4.78 is 13.6. The van der Waals surface area contributed by atoms with Crippen LogP contribution in [0.4, 0.5) is 0 Å². The third-order valence-electron chi connectivity index (χ3n) is 4.80. The number of amides is 1. The summed E-state index contributed by atoms with van der Waals surface area (Å²) in [5, 5.41) is 15.3. The maximum absolute atomic E-state index is 12.5. The van der Waals surface area contributed by atoms with Crippen LogP contribution in [0.3, 0.4) is 0 Å². The average molecular weight is 651 g/mol. The van der Waals surface area contributed by atoms with Crippen molar-refractivity contribution in [2.24, 2.45) is 5.16 Å². The third kappa shape index (κ3) is 8.92. The molecule has 7 nitrogen and oxygen atoms in total. The van der Waals surface area contributed by atoms with Gasteiger partial charge < -0.3 is 24.9 Å². The van der Waals surface area contributed by atoms with Gasteiger partial charge in [-0.2, -0.15) is 0 Å². The number of benzene rings is 2. The number of quaternary nitrogens is 1. The van der Waals surface area contributed by atoms with Crippen molar-refractivity contribution in [1.82, 2.24) is 5.32 Å². The molecule has 0 bridgehead atoms. The van der Waals surface area contributed by atoms with Crippen LogP contribution in [-0.2, 0) is 17.6 Å². The summed E-state index contributed by atoms with van der Waals surface area (Å²) >= 11 is 10.6. The van der Waals surface area contributed by atoms with Crippen molar-refractivity contribution in [1.29, 1.82) is 0 Å². The molecule has 10 heteroatoms. The summed E-state index contributed by atoms with van der Waals surface area (Å²) in [6.45, 7) is 2.09. The molecule has 0 saturated carbocycles. The van der Waals surface area contributed by atoms with Crippen molar-refractivity contribution in [2.45, 2.75) is 19.3 Å². The van der Waals surface area contributed by atoms with Crippen LogP contribution in [0, 0.1) is 0 Å². The quantitative estimate of drug-likeness (QED) is 0.142. The Labute approximate surface area is 219 Å². The smallest absolute Gasteiger partial charge is 0.269 e. The van der Waals surface area contributed by atoms with Crippen LogP contribution in [0.25, 0.3) is 0 Å². The minimum absolute atomic E-state index is 0.0396. The number of rotatable bonds is 12. The first kappa shape index (κ1) is 27.6. The molecule has 0 saturated heterocycles. The zero-order chi connectivity index (χ0) is 24.4. The van der Waals surface area contributed by atoms with Crippen molar-refractivity contribution in [3.8, 4) is 11.5 Å². The van der Waals surface area contributed by atoms with E-state index in [1.54, 1.807) is 13.2 Å². The molecule has 0 unspecified atom stereocenters. The molecule has 2 aromatic carbocycles. The Hall–Kier alpha value is -1.62. The summed E-state index contributed by atoms with van der Waals surface area (Å²) in [6.07, 6.45) is 1.78. The van der Waals surface area contributed by atoms with Gasteiger partial charge in [0.05, 0.1) is 47.8 Å². The van der Waals surface area contributed by atoms with Crippen molar-refractivity contribution >= 4 is 59.4 Å². The maximum atomic E-state index is 12.5. The normalized spacial score (nSPS) is 11.5. The fraction of sp³-hybridized carbons (Fsp3) is 0.391. The second-order valence-corrected chi connectivity index (χ2v) is 10.3. The molecule has 0 fully saturated rings. The zero-order valence-corrected chi connectivity index (χ0v) is 23.6. The Morgan fingerprint density at radius 1 is 1.09 bits per heavy atom. The molecule has 0 aliphatic rings. The van der Waals surface area contributed by atoms with Gasteiger partial charge in [0.2, 0.25) is 0 Å². The van der Waals surface area contributed by atoms with E-state index in [0.717, 1.165) is 43.3 Å². The molecule has 2 rings (SSSR count). The van der Waals surface area contributed by atoms with Gasteiger partial charge >= 0.3 is 0 Å². The molecular formula is C23H29Br3N3O4+. The van der Waals surface area contributed by atoms with E-state index in [1.807, 2.05) is 24.3 Å². The van der Waals surface area contributed by atoms with Gasteiger partial charge in [-0.1, -0.05) is 11.2 Å². The summed E-state index contributed by atoms with van der Waals surface area (Å²) in [4.78, 5) is 13.9. The molecule has 2 aromatic rings. The summed E-state index contributed by atoms with van der Waals surface area (Å²) in [5.74, 6) is 1.05. The number of hydrogen-bond donors (Lipinski definition) is 3. The lowest BCUT2D eigenvalue weighted by Gasteiger charge is -2.13. The second-order valence-electron chi connectivity index (χ2n) is 7.75. The highest BCUT2D eigenvalue weighted by atomic mass is 79.9. The van der Waals surface area contributed by atoms with Crippen LogP contribution >= 0.6 is 47.8 Å². The molecule has 33 heavy (non-hydrogen) atoms. The number of carbonyl (C=O) groups excluding carboxylic acids is 1. The van der Waals surface area contributed by atoms with Gasteiger partial charge in [0.1, 0.15) is 17.2 Å². The molecule has 0 aliphatic heterocycles. The topological polar surface area (TPSA) is 84.6 Å². The van der Waals surface area contributed by atoms with E-state index in [4.69, 9.17) is 9.47 Å². The van der Waals surface area contributed by atoms with E-state index in [1.165, 1.54) is 4.90 Å². The van der Waals surface area contributed by atoms with Gasteiger partial charge in [-0.25, -0.2) is 0 Å². The van der Waals surface area contributed by atoms with Crippen LogP contribution in [0.2, 0.25) is 0 Å². The molecule has 0 aliphatic carbocycles. The molecule has 0 radical (unpaired) electrons. The van der Waals surface area contributed by atoms with Crippen LogP contribution in [0.5, 0.6) is 11.5 Å². The molecule has 0 heterocycles. The minimum Gasteiger partial charge on any atom is -0.496 e. The number of nitrogens with zero attached hydrogens (tertiary/aromatic N) is 1. The highest BCUT2D eigenvalue weighted by molar-refractivity contribution is 9.11. The van der Waals surface area contributed by atoms with E-state index in [0.29, 0.717) is 25.3 Å². The van der Waals surface area contributed by atoms with Crippen LogP contribution in [0.15, 0.2) is 48.9 Å². The number of oxime groups is 1. The van der Waals surface area contributed by atoms with E-state index in [9.17, 15) is 10.0 Å². The maximum Gasteiger partial charge on any atom is 0.269 e. The monoisotopic (exact) mass is 648 g/mol. The molecule has 1 amide bonds. The molecule has 0 aromatic heterocycles. The summed E-state index contributed by atoms with van der Waals surface area (Å²) in [6, 6.07) is 9.41. The molecular weight excluding hydrogens is 622 g/mol. The number of nitrogens with one attached hydrogen (secondary N) is 2. The molecule has 0 spiro atoms. The SMILES string of the molecule is COc1ccc(C/C(=N\O)C(=O)NCCc2cc(Br)c(OCCC[NH+](C)C)c(Br)c2)cc1Br. The highest BCUT2D eigenvalue weighted by Crippen LogP contribution is 2.35. The number of carbonyl (C=O) groups is 1. The predicted octanol–water partition coefficient (Wildman–Crippen LogP) is 3.63. The van der Waals surface area contributed by atoms with Crippen molar-refractivity contribution < 1.29 is 24.4 Å². The van der Waals surface area contributed by atoms with Gasteiger partial charge in [0.15, 0.2) is 0 Å². The van der Waals surface area contributed by atoms with Gasteiger partial charge in [-0.05, 0) is 89.6 Å². The molecule has 0 atom stereocenters. The lowest BCUT2D eigenvalue weighted by Crippen LogP contribution is -3.05. The highest BCUT2D eigenvalue weighted by Gasteiger charge is 2.15. The predicted molar refractivity (Wildman–Crippen MR) is 140 cm³/mol. The van der Waals surface area contributed by atoms with E-state index >= 15 is 0 Å². The van der Waals surface area contributed by atoms with Crippen LogP contribution in [-0.4, -0.2) is 57.7 Å². The van der Waals surface area contributed by atoms with Crippen molar-refractivity contribution in [3.05, 3.63) is 54.9 Å². The summed E-state index contributed by atoms with van der Waals surface area (Å²) in [5.41, 5.74) is 1.89. The standard InChI is InChI=1S/C23H28Br3N3O4/c1-29(2)9-4-10-33-22-18(25)12-16(13-19(22)26)7-8-27-23(30)20(28-31)14-15-5-6-21(32-3)17(24)11-15/h5-6,11-13,31H,4,7-10,14H2,1-3H3,(H,27,30)/p+1/b28-20+. The summed E-state index contributed by atoms with van der Waals surface area (Å²) in [7, 11) is 5.82. The minimum atomic E-state index is -0.412. The first-order valence-electron chi connectivity index (χ1n) is 10.5. The first-order chi connectivity index (χ1) is 15.7. The van der Waals surface area contributed by atoms with Gasteiger partial charge in [0, 0.05) is 19.4 Å². The van der Waals surface area contributed by atoms with E-state index < -0.39 is 5.91 Å². The fourth-order valence-corrected chi connectivity index (χ4v) is 5.19. The third-order valence-corrected chi connectivity index (χ3v) is 6.59. The number of hydrogen-bond acceptors (Lipinski definition) is 5. The number of halogens is 3. The second kappa shape index (κ2) is 13.9. The van der Waals surface area contributed by atoms with E-state index in [2.05, 4.69) is 72.4 Å². The Morgan fingerprint density at radius 3 is 2.33 bits per heavy atom. The van der Waals surface area contributed by atoms with Crippen LogP contribution in [0.1, 0.15) is 17.5 Å². The van der Waals surface area contributed by atoms with Gasteiger partial charge in [0.25, 0.3) is 5.91 Å². The van der Waals surface area contributed by atoms with Gasteiger partial charge in [-0.3, -0.25) is 4.79 Å². The molecule has 3 N–H and O–H groups in total. The first-order valence-corrected chi connectivity index (χ1v) is 12.8. The Kier molecular flexibility index (Phi) is 11.7. The lowest BCUT2D eigenvalue weighted by molar-refractivity contribution is -0.858. The van der Waals surface area contributed by atoms with Crippen molar-refractivity contribution in [3.63, 3.8) is 0 Å². The Morgan fingerprint density at radius 2 is 1.76 bits per heavy atom. The van der Waals surface area contributed by atoms with Crippen LogP contribution < -0.4 is 19.7 Å². The van der Waals surface area contributed by atoms with E-state index in [-0.39, 0.29) is 12.1 Å². The Balaban J connectivity index is 1.89. The fourth-order valence-electron chi connectivity index (χ4n) is 3.09. The zero-order valence-electron chi connectivity index (χ0n) is 18.9. The average Bonchev–Trinajstić information content (AvgIpc) is 2.76. The van der Waals surface area contributed by atoms with Gasteiger partial charge in [-0.15, -0.1) is 0 Å². The Bertz CT molecular complexity index is 960. The number of methoxy groups -OCH3 is 1. The molecule has 180 valence electrons. The largest absolute Gasteiger partial charge is 0.496 e. The number of ether oxygens (including phenoxy) is 2. The van der Waals surface area contributed by atoms with Crippen molar-refractivity contribution in [2.75, 3.05) is 40.9 Å². The lowest BCUT2D eigenvalue weighted by atomic mass is 10.1.